The monoisotopic (exact) mass is 305 g/mol. The van der Waals surface area contributed by atoms with E-state index >= 15 is 0 Å². The second-order valence-electron chi connectivity index (χ2n) is 4.24. The van der Waals surface area contributed by atoms with Crippen molar-refractivity contribution >= 4 is 27.5 Å². The average Bonchev–Trinajstić information content (AvgIpc) is 2.31. The van der Waals surface area contributed by atoms with Crippen molar-refractivity contribution in [1.82, 2.24) is 5.32 Å². The van der Waals surface area contributed by atoms with Crippen LogP contribution in [0.15, 0.2) is 16.6 Å². The summed E-state index contributed by atoms with van der Waals surface area (Å²) in [4.78, 5) is 0. The molecule has 1 unspecified atom stereocenters. The van der Waals surface area contributed by atoms with E-state index in [1.165, 1.54) is 0 Å². The molecule has 0 aliphatic carbocycles. The first kappa shape index (κ1) is 12.3. The molecule has 1 saturated heterocycles. The lowest BCUT2D eigenvalue weighted by atomic mass is 9.92. The minimum Gasteiger partial charge on any atom is -0.316 e. The van der Waals surface area contributed by atoms with E-state index in [1.807, 2.05) is 0 Å². The molecule has 1 heterocycles. The number of hydrogen-bond acceptors (Lipinski definition) is 1. The van der Waals surface area contributed by atoms with Crippen LogP contribution >= 0.6 is 27.5 Å². The summed E-state index contributed by atoms with van der Waals surface area (Å²) in [5, 5.41) is 3.86. The molecule has 1 N–H and O–H groups in total. The Morgan fingerprint density at radius 3 is 3.00 bits per heavy atom. The van der Waals surface area contributed by atoms with E-state index in [2.05, 4.69) is 21.2 Å². The Balaban J connectivity index is 2.16. The molecule has 2 rings (SSSR count). The van der Waals surface area contributed by atoms with Crippen LogP contribution in [0.25, 0.3) is 0 Å². The molecule has 1 aromatic carbocycles. The summed E-state index contributed by atoms with van der Waals surface area (Å²) in [7, 11) is 0. The van der Waals surface area contributed by atoms with Crippen molar-refractivity contribution < 1.29 is 4.39 Å². The topological polar surface area (TPSA) is 12.0 Å². The summed E-state index contributed by atoms with van der Waals surface area (Å²) < 4.78 is 14.4. The first-order valence-electron chi connectivity index (χ1n) is 5.51. The standard InChI is InChI=1S/C12H14BrClFN/c13-10-3-4-11(14)9(12(10)15)6-8-2-1-5-16-7-8/h3-4,8,16H,1-2,5-7H2. The molecular formula is C12H14BrClFN. The summed E-state index contributed by atoms with van der Waals surface area (Å²) >= 11 is 9.24. The summed E-state index contributed by atoms with van der Waals surface area (Å²) in [6.07, 6.45) is 3.03. The number of piperidine rings is 1. The van der Waals surface area contributed by atoms with Crippen molar-refractivity contribution in [2.24, 2.45) is 5.92 Å². The van der Waals surface area contributed by atoms with E-state index in [4.69, 9.17) is 11.6 Å². The van der Waals surface area contributed by atoms with E-state index in [9.17, 15) is 4.39 Å². The number of rotatable bonds is 2. The predicted octanol–water partition coefficient (Wildman–Crippen LogP) is 3.78. The summed E-state index contributed by atoms with van der Waals surface area (Å²) in [6, 6.07) is 3.40. The van der Waals surface area contributed by atoms with Crippen LogP contribution in [0.4, 0.5) is 4.39 Å². The van der Waals surface area contributed by atoms with Crippen LogP contribution in [0, 0.1) is 11.7 Å². The summed E-state index contributed by atoms with van der Waals surface area (Å²) in [5.41, 5.74) is 0.643. The highest BCUT2D eigenvalue weighted by atomic mass is 79.9. The van der Waals surface area contributed by atoms with Gasteiger partial charge in [-0.25, -0.2) is 4.39 Å². The fourth-order valence-corrected chi connectivity index (χ4v) is 2.74. The molecule has 1 atom stereocenters. The van der Waals surface area contributed by atoms with Crippen LogP contribution in [0.3, 0.4) is 0 Å². The number of nitrogens with one attached hydrogen (secondary N) is 1. The SMILES string of the molecule is Fc1c(Br)ccc(Cl)c1CC1CCCNC1. The molecule has 4 heteroatoms. The van der Waals surface area contributed by atoms with Crippen LogP contribution in [-0.2, 0) is 6.42 Å². The largest absolute Gasteiger partial charge is 0.316 e. The van der Waals surface area contributed by atoms with Gasteiger partial charge in [0.25, 0.3) is 0 Å². The van der Waals surface area contributed by atoms with Crippen molar-refractivity contribution in [1.29, 1.82) is 0 Å². The highest BCUT2D eigenvalue weighted by molar-refractivity contribution is 9.10. The van der Waals surface area contributed by atoms with Gasteiger partial charge in [0.1, 0.15) is 5.82 Å². The molecule has 1 fully saturated rings. The molecule has 0 bridgehead atoms. The molecule has 1 aliphatic heterocycles. The van der Waals surface area contributed by atoms with Gasteiger partial charge in [0, 0.05) is 10.6 Å². The fourth-order valence-electron chi connectivity index (χ4n) is 2.14. The maximum Gasteiger partial charge on any atom is 0.142 e. The molecule has 16 heavy (non-hydrogen) atoms. The fraction of sp³-hybridized carbons (Fsp3) is 0.500. The van der Waals surface area contributed by atoms with Gasteiger partial charge in [-0.15, -0.1) is 0 Å². The van der Waals surface area contributed by atoms with Crippen molar-refractivity contribution in [2.75, 3.05) is 13.1 Å². The zero-order valence-electron chi connectivity index (χ0n) is 8.90. The van der Waals surface area contributed by atoms with E-state index in [1.54, 1.807) is 12.1 Å². The smallest absolute Gasteiger partial charge is 0.142 e. The number of benzene rings is 1. The number of hydrogen-bond donors (Lipinski definition) is 1. The lowest BCUT2D eigenvalue weighted by Crippen LogP contribution is -2.31. The van der Waals surface area contributed by atoms with Gasteiger partial charge < -0.3 is 5.32 Å². The third-order valence-corrected chi connectivity index (χ3v) is 4.00. The quantitative estimate of drug-likeness (QED) is 0.820. The summed E-state index contributed by atoms with van der Waals surface area (Å²) in [5.74, 6) is 0.285. The molecule has 0 saturated carbocycles. The molecule has 1 nitrogen and oxygen atoms in total. The third-order valence-electron chi connectivity index (χ3n) is 3.03. The second-order valence-corrected chi connectivity index (χ2v) is 5.50. The highest BCUT2D eigenvalue weighted by Gasteiger charge is 2.18. The Morgan fingerprint density at radius 1 is 1.50 bits per heavy atom. The van der Waals surface area contributed by atoms with E-state index in [-0.39, 0.29) is 5.82 Å². The summed E-state index contributed by atoms with van der Waals surface area (Å²) in [6.45, 7) is 2.04. The molecule has 1 aromatic rings. The molecule has 0 radical (unpaired) electrons. The Kier molecular flexibility index (Phi) is 4.22. The van der Waals surface area contributed by atoms with E-state index in [0.29, 0.717) is 21.0 Å². The zero-order chi connectivity index (χ0) is 11.5. The van der Waals surface area contributed by atoms with Gasteiger partial charge in [-0.1, -0.05) is 11.6 Å². The first-order valence-corrected chi connectivity index (χ1v) is 6.68. The van der Waals surface area contributed by atoms with Crippen LogP contribution in [0.2, 0.25) is 5.02 Å². The highest BCUT2D eigenvalue weighted by Crippen LogP contribution is 2.29. The normalized spacial score (nSPS) is 21.1. The Hall–Kier alpha value is -0.120. The third kappa shape index (κ3) is 2.76. The molecular weight excluding hydrogens is 292 g/mol. The second kappa shape index (κ2) is 5.48. The maximum absolute atomic E-state index is 13.9. The molecule has 0 amide bonds. The van der Waals surface area contributed by atoms with Gasteiger partial charge in [0.15, 0.2) is 0 Å². The van der Waals surface area contributed by atoms with Crippen LogP contribution in [-0.4, -0.2) is 13.1 Å². The van der Waals surface area contributed by atoms with Crippen LogP contribution in [0.1, 0.15) is 18.4 Å². The minimum absolute atomic E-state index is 0.210. The lowest BCUT2D eigenvalue weighted by Gasteiger charge is -2.23. The average molecular weight is 307 g/mol. The van der Waals surface area contributed by atoms with Crippen molar-refractivity contribution in [3.63, 3.8) is 0 Å². The molecule has 1 aliphatic rings. The zero-order valence-corrected chi connectivity index (χ0v) is 11.2. The van der Waals surface area contributed by atoms with Crippen LogP contribution < -0.4 is 5.32 Å². The Morgan fingerprint density at radius 2 is 2.31 bits per heavy atom. The Bertz CT molecular complexity index is 378. The van der Waals surface area contributed by atoms with Gasteiger partial charge in [0.2, 0.25) is 0 Å². The van der Waals surface area contributed by atoms with Crippen molar-refractivity contribution in [2.45, 2.75) is 19.3 Å². The number of halogens is 3. The van der Waals surface area contributed by atoms with Gasteiger partial charge in [0.05, 0.1) is 4.47 Å². The van der Waals surface area contributed by atoms with Crippen molar-refractivity contribution in [3.05, 3.63) is 33.0 Å². The van der Waals surface area contributed by atoms with Gasteiger partial charge >= 0.3 is 0 Å². The molecule has 0 spiro atoms. The minimum atomic E-state index is -0.210. The predicted molar refractivity (Wildman–Crippen MR) is 68.4 cm³/mol. The van der Waals surface area contributed by atoms with Gasteiger partial charge in [-0.3, -0.25) is 0 Å². The van der Waals surface area contributed by atoms with Crippen LogP contribution in [0.5, 0.6) is 0 Å². The lowest BCUT2D eigenvalue weighted by molar-refractivity contribution is 0.372. The van der Waals surface area contributed by atoms with Gasteiger partial charge in [-0.2, -0.15) is 0 Å². The van der Waals surface area contributed by atoms with E-state index in [0.717, 1.165) is 32.4 Å². The Labute approximate surface area is 109 Å². The molecule has 88 valence electrons. The van der Waals surface area contributed by atoms with Gasteiger partial charge in [-0.05, 0) is 66.3 Å². The van der Waals surface area contributed by atoms with E-state index < -0.39 is 0 Å². The molecule has 0 aromatic heterocycles. The first-order chi connectivity index (χ1) is 7.68. The van der Waals surface area contributed by atoms with Crippen molar-refractivity contribution in [3.8, 4) is 0 Å². The maximum atomic E-state index is 13.9.